The van der Waals surface area contributed by atoms with E-state index in [4.69, 9.17) is 18.6 Å². The van der Waals surface area contributed by atoms with Gasteiger partial charge in [-0.15, -0.1) is 0 Å². The summed E-state index contributed by atoms with van der Waals surface area (Å²) in [5.74, 6) is -3.10. The highest BCUT2D eigenvalue weighted by Crippen LogP contribution is 2.43. The number of amides is 3. The van der Waals surface area contributed by atoms with Crippen molar-refractivity contribution in [1.82, 2.24) is 15.6 Å². The quantitative estimate of drug-likeness (QED) is 0.0430. The van der Waals surface area contributed by atoms with E-state index in [1.165, 1.54) is 18.1 Å². The lowest BCUT2D eigenvalue weighted by molar-refractivity contribution is -0.154. The number of carbonyl (C=O) groups is 5. The molecule has 0 unspecified atom stereocenters. The molecule has 0 saturated carbocycles. The summed E-state index contributed by atoms with van der Waals surface area (Å²) >= 11 is 0. The van der Waals surface area contributed by atoms with Crippen LogP contribution >= 0.6 is 0 Å². The number of esters is 1. The number of nitrogens with zero attached hydrogens (tertiary/aromatic N) is 2. The Hall–Kier alpha value is -4.87. The Balaban J connectivity index is 1.50. The second kappa shape index (κ2) is 18.4. The van der Waals surface area contributed by atoms with Crippen molar-refractivity contribution in [2.45, 2.75) is 103 Å². The zero-order valence-corrected chi connectivity index (χ0v) is 34.6. The van der Waals surface area contributed by atoms with Crippen molar-refractivity contribution in [1.29, 1.82) is 0 Å². The zero-order chi connectivity index (χ0) is 41.5. The van der Waals surface area contributed by atoms with Gasteiger partial charge in [0.2, 0.25) is 5.91 Å². The van der Waals surface area contributed by atoms with Crippen LogP contribution in [0.15, 0.2) is 67.4 Å². The molecular formula is C40H55N5O10Si. The third-order valence-electron chi connectivity index (χ3n) is 10.2. The van der Waals surface area contributed by atoms with Crippen molar-refractivity contribution < 1.29 is 47.7 Å². The van der Waals surface area contributed by atoms with Crippen LogP contribution in [0.4, 0.5) is 16.2 Å². The Kier molecular flexibility index (Phi) is 14.4. The number of hydrogen-bond donors (Lipinski definition) is 4. The molecule has 2 aliphatic heterocycles. The van der Waals surface area contributed by atoms with Crippen LogP contribution in [0, 0.1) is 5.92 Å². The Morgan fingerprint density at radius 1 is 1.05 bits per heavy atom. The highest BCUT2D eigenvalue weighted by atomic mass is 28.4. The van der Waals surface area contributed by atoms with Crippen LogP contribution in [0.3, 0.4) is 0 Å². The minimum atomic E-state index is -2.56. The summed E-state index contributed by atoms with van der Waals surface area (Å²) in [4.78, 5) is 68.9. The first-order chi connectivity index (χ1) is 26.3. The van der Waals surface area contributed by atoms with Gasteiger partial charge in [-0.2, -0.15) is 0 Å². The number of fused-ring (bicyclic) bond motifs is 2. The van der Waals surface area contributed by atoms with Crippen molar-refractivity contribution in [3.05, 3.63) is 84.1 Å². The maximum atomic E-state index is 14.3. The predicted molar refractivity (Wildman–Crippen MR) is 212 cm³/mol. The molecule has 0 radical (unpaired) electrons. The topological polar surface area (TPSA) is 185 Å². The van der Waals surface area contributed by atoms with Crippen molar-refractivity contribution in [2.24, 2.45) is 5.92 Å². The van der Waals surface area contributed by atoms with E-state index in [1.807, 2.05) is 6.08 Å². The lowest BCUT2D eigenvalue weighted by Gasteiger charge is -2.44. The van der Waals surface area contributed by atoms with Gasteiger partial charge in [0, 0.05) is 24.6 Å². The van der Waals surface area contributed by atoms with E-state index in [1.54, 1.807) is 74.3 Å². The van der Waals surface area contributed by atoms with Crippen LogP contribution in [0.2, 0.25) is 18.1 Å². The molecule has 0 fully saturated rings. The normalized spacial score (nSPS) is 18.3. The lowest BCUT2D eigenvalue weighted by Crippen LogP contribution is -2.57. The van der Waals surface area contributed by atoms with Gasteiger partial charge in [-0.05, 0) is 67.2 Å². The predicted octanol–water partition coefficient (Wildman–Crippen LogP) is 5.30. The summed E-state index contributed by atoms with van der Waals surface area (Å²) in [5.41, 5.74) is 7.90. The number of benzene rings is 2. The fourth-order valence-electron chi connectivity index (χ4n) is 5.79. The monoisotopic (exact) mass is 793 g/mol. The fourth-order valence-corrected chi connectivity index (χ4v) is 7.01. The molecule has 0 bridgehead atoms. The molecule has 2 aromatic rings. The molecule has 15 nitrogen and oxygen atoms in total. The third-order valence-corrected chi connectivity index (χ3v) is 14.6. The minimum Gasteiger partial charge on any atom is -0.456 e. The third kappa shape index (κ3) is 10.1. The van der Waals surface area contributed by atoms with Crippen molar-refractivity contribution in [3.63, 3.8) is 0 Å². The molecule has 56 heavy (non-hydrogen) atoms. The summed E-state index contributed by atoms with van der Waals surface area (Å²) in [6, 6.07) is 9.24. The average molecular weight is 794 g/mol. The number of ketones is 1. The first-order valence-electron chi connectivity index (χ1n) is 18.5. The van der Waals surface area contributed by atoms with Crippen LogP contribution in [0.5, 0.6) is 0 Å². The molecular weight excluding hydrogens is 739 g/mol. The van der Waals surface area contributed by atoms with E-state index in [9.17, 15) is 29.1 Å². The Bertz CT molecular complexity index is 1810. The largest absolute Gasteiger partial charge is 0.456 e. The maximum Gasteiger partial charge on any atom is 0.416 e. The number of hydrazine groups is 1. The number of methoxy groups -OCH3 is 1. The Morgan fingerprint density at radius 3 is 2.34 bits per heavy atom. The lowest BCUT2D eigenvalue weighted by atomic mass is 9.99. The van der Waals surface area contributed by atoms with Gasteiger partial charge < -0.3 is 39.4 Å². The average Bonchev–Trinajstić information content (AvgIpc) is 3.62. The first kappa shape index (κ1) is 43.8. The van der Waals surface area contributed by atoms with Gasteiger partial charge in [0.25, 0.3) is 11.7 Å². The Labute approximate surface area is 329 Å². The van der Waals surface area contributed by atoms with Gasteiger partial charge in [-0.1, -0.05) is 71.5 Å². The molecule has 4 N–H and O–H groups in total. The molecule has 5 atom stereocenters. The molecule has 0 spiro atoms. The van der Waals surface area contributed by atoms with Gasteiger partial charge in [0.1, 0.15) is 25.3 Å². The van der Waals surface area contributed by atoms with Crippen LogP contribution in [0.1, 0.15) is 75.7 Å². The number of ether oxygens (including phenoxy) is 3. The molecule has 3 amide bonds. The van der Waals surface area contributed by atoms with E-state index in [-0.39, 0.29) is 41.3 Å². The van der Waals surface area contributed by atoms with Crippen LogP contribution in [-0.2, 0) is 39.6 Å². The van der Waals surface area contributed by atoms with E-state index in [0.717, 1.165) is 0 Å². The van der Waals surface area contributed by atoms with Crippen LogP contribution in [0.25, 0.3) is 0 Å². The van der Waals surface area contributed by atoms with E-state index in [0.29, 0.717) is 23.2 Å². The molecule has 0 aliphatic carbocycles. The molecule has 0 saturated heterocycles. The van der Waals surface area contributed by atoms with E-state index < -0.39 is 62.7 Å². The number of hydrogen-bond acceptors (Lipinski definition) is 12. The molecule has 2 aliphatic rings. The molecule has 4 rings (SSSR count). The van der Waals surface area contributed by atoms with Crippen LogP contribution in [-0.4, -0.2) is 86.1 Å². The standard InChI is InChI=1S/C40H55N5O10Si/c1-11-21-53-38(50)33(46)32(24(2)3)41-34(47)25(4)42-43-28-17-14-26(15-18-28)23-54-39(51)45-31-22-27(37(49)52-8)16-19-29(31)35(48)44-20-12-13-30(44)36(45)55-56(9,10)40(5,6)7/h11-12,14-20,22,24-25,30,32,36-37,42-43,49H,1,13,21,23H2,2-10H3,(H,41,47)/t25-,30-,32-,36-,37-/m0/s1. The molecule has 2 heterocycles. The molecule has 0 aromatic heterocycles. The smallest absolute Gasteiger partial charge is 0.416 e. The SMILES string of the molecule is C=CCOC(=O)C(=O)[C@@H](NC(=O)[C@H](C)NNc1ccc(COC(=O)N2c3cc([C@@H](O)OC)ccc3C(=O)N3C=CC[C@H]3[C@@H]2O[Si](C)(C)C(C)(C)C)cc1)C(C)C. The number of aliphatic hydroxyl groups excluding tert-OH is 1. The van der Waals surface area contributed by atoms with E-state index >= 15 is 0 Å². The highest BCUT2D eigenvalue weighted by molar-refractivity contribution is 6.74. The summed E-state index contributed by atoms with van der Waals surface area (Å²) < 4.78 is 22.9. The molecule has 16 heteroatoms. The van der Waals surface area contributed by atoms with Crippen molar-refractivity contribution in [3.8, 4) is 0 Å². The van der Waals surface area contributed by atoms with Gasteiger partial charge in [-0.25, -0.2) is 19.9 Å². The number of Topliss-reactive ketones (excluding diaryl/α,β-unsaturated/α-hetero) is 1. The number of rotatable bonds is 16. The number of carbonyl (C=O) groups excluding carboxylic acids is 5. The van der Waals surface area contributed by atoms with Crippen molar-refractivity contribution in [2.75, 3.05) is 24.0 Å². The van der Waals surface area contributed by atoms with Gasteiger partial charge in [0.15, 0.2) is 20.8 Å². The van der Waals surface area contributed by atoms with Gasteiger partial charge in [0.05, 0.1) is 17.3 Å². The Morgan fingerprint density at radius 2 is 1.73 bits per heavy atom. The van der Waals surface area contributed by atoms with Gasteiger partial charge in [-0.3, -0.25) is 14.4 Å². The maximum absolute atomic E-state index is 14.3. The van der Waals surface area contributed by atoms with Crippen LogP contribution < -0.4 is 21.1 Å². The second-order valence-corrected chi connectivity index (χ2v) is 20.4. The zero-order valence-electron chi connectivity index (χ0n) is 33.6. The molecule has 304 valence electrons. The van der Waals surface area contributed by atoms with Gasteiger partial charge >= 0.3 is 12.1 Å². The molecule has 2 aromatic carbocycles. The number of nitrogens with one attached hydrogen (secondary N) is 3. The first-order valence-corrected chi connectivity index (χ1v) is 21.4. The van der Waals surface area contributed by atoms with Crippen molar-refractivity contribution >= 4 is 49.4 Å². The summed E-state index contributed by atoms with van der Waals surface area (Å²) in [7, 11) is -1.20. The summed E-state index contributed by atoms with van der Waals surface area (Å²) in [6.07, 6.45) is 2.46. The number of aliphatic hydroxyl groups is 1. The summed E-state index contributed by atoms with van der Waals surface area (Å²) in [5, 5.41) is 12.9. The number of anilines is 2. The van der Waals surface area contributed by atoms with E-state index in [2.05, 4.69) is 56.6 Å². The fraction of sp³-hybridized carbons (Fsp3) is 0.475. The second-order valence-electron chi connectivity index (χ2n) is 15.6. The highest BCUT2D eigenvalue weighted by Gasteiger charge is 2.49. The summed E-state index contributed by atoms with van der Waals surface area (Å²) in [6.45, 7) is 18.7. The minimum absolute atomic E-state index is 0.118.